The van der Waals surface area contributed by atoms with Gasteiger partial charge in [-0.15, -0.1) is 12.4 Å². The van der Waals surface area contributed by atoms with Crippen LogP contribution >= 0.6 is 12.4 Å². The van der Waals surface area contributed by atoms with Crippen LogP contribution in [0.2, 0.25) is 0 Å². The Kier molecular flexibility index (Phi) is 6.49. The average Bonchev–Trinajstić information content (AvgIpc) is 3.34. The first-order valence-electron chi connectivity index (χ1n) is 9.43. The SMILES string of the molecule is Cl.NC1CCC(C(=O)NCc2cn(-c3ccccc3)nc2-c2ccccc2)C1. The predicted octanol–water partition coefficient (Wildman–Crippen LogP) is 3.70. The highest BCUT2D eigenvalue weighted by Crippen LogP contribution is 2.26. The molecule has 1 aliphatic carbocycles. The van der Waals surface area contributed by atoms with E-state index in [1.165, 1.54) is 0 Å². The van der Waals surface area contributed by atoms with E-state index in [1.807, 2.05) is 71.5 Å². The zero-order valence-electron chi connectivity index (χ0n) is 15.6. The van der Waals surface area contributed by atoms with Gasteiger partial charge in [-0.3, -0.25) is 4.79 Å². The van der Waals surface area contributed by atoms with E-state index in [-0.39, 0.29) is 30.3 Å². The van der Waals surface area contributed by atoms with E-state index < -0.39 is 0 Å². The van der Waals surface area contributed by atoms with Crippen molar-refractivity contribution in [3.63, 3.8) is 0 Å². The number of nitrogens with two attached hydrogens (primary N) is 1. The van der Waals surface area contributed by atoms with Crippen molar-refractivity contribution in [3.8, 4) is 16.9 Å². The highest BCUT2D eigenvalue weighted by Gasteiger charge is 2.27. The Morgan fingerprint density at radius 1 is 1.07 bits per heavy atom. The summed E-state index contributed by atoms with van der Waals surface area (Å²) in [5.74, 6) is 0.124. The lowest BCUT2D eigenvalue weighted by molar-refractivity contribution is -0.125. The molecule has 2 aromatic carbocycles. The maximum Gasteiger partial charge on any atom is 0.223 e. The second kappa shape index (κ2) is 9.04. The van der Waals surface area contributed by atoms with Crippen molar-refractivity contribution in [2.45, 2.75) is 31.8 Å². The topological polar surface area (TPSA) is 72.9 Å². The Morgan fingerprint density at radius 3 is 2.39 bits per heavy atom. The number of carbonyl (C=O) groups is 1. The number of halogens is 1. The van der Waals surface area contributed by atoms with Gasteiger partial charge in [0.1, 0.15) is 0 Å². The molecule has 0 aliphatic heterocycles. The maximum absolute atomic E-state index is 12.5. The molecule has 146 valence electrons. The number of hydrogen-bond donors (Lipinski definition) is 2. The Balaban J connectivity index is 0.00000225. The van der Waals surface area contributed by atoms with Crippen LogP contribution in [-0.2, 0) is 11.3 Å². The summed E-state index contributed by atoms with van der Waals surface area (Å²) in [5, 5.41) is 7.87. The van der Waals surface area contributed by atoms with Crippen LogP contribution in [-0.4, -0.2) is 21.7 Å². The van der Waals surface area contributed by atoms with E-state index in [9.17, 15) is 4.79 Å². The van der Waals surface area contributed by atoms with Gasteiger partial charge in [-0.05, 0) is 31.4 Å². The highest BCUT2D eigenvalue weighted by molar-refractivity contribution is 5.85. The summed E-state index contributed by atoms with van der Waals surface area (Å²) < 4.78 is 1.87. The summed E-state index contributed by atoms with van der Waals surface area (Å²) in [6.07, 6.45) is 4.58. The Bertz CT molecular complexity index is 911. The zero-order valence-corrected chi connectivity index (χ0v) is 16.4. The van der Waals surface area contributed by atoms with Gasteiger partial charge in [0.25, 0.3) is 0 Å². The average molecular weight is 397 g/mol. The minimum Gasteiger partial charge on any atom is -0.352 e. The number of benzene rings is 2. The minimum absolute atomic E-state index is 0. The van der Waals surface area contributed by atoms with Crippen molar-refractivity contribution < 1.29 is 4.79 Å². The van der Waals surface area contributed by atoms with Crippen LogP contribution in [0.5, 0.6) is 0 Å². The first-order valence-corrected chi connectivity index (χ1v) is 9.43. The third-order valence-corrected chi connectivity index (χ3v) is 5.16. The Labute approximate surface area is 171 Å². The smallest absolute Gasteiger partial charge is 0.223 e. The lowest BCUT2D eigenvalue weighted by Crippen LogP contribution is -2.30. The summed E-state index contributed by atoms with van der Waals surface area (Å²) in [5.41, 5.74) is 9.87. The van der Waals surface area contributed by atoms with Crippen molar-refractivity contribution in [2.24, 2.45) is 11.7 Å². The van der Waals surface area contributed by atoms with Crippen LogP contribution in [0.3, 0.4) is 0 Å². The molecule has 2 unspecified atom stereocenters. The third kappa shape index (κ3) is 4.43. The molecule has 1 aliphatic rings. The standard InChI is InChI=1S/C22H24N4O.ClH/c23-19-12-11-17(13-19)22(27)24-14-18-15-26(20-9-5-2-6-10-20)25-21(18)16-7-3-1-4-8-16;/h1-10,15,17,19H,11-14,23H2,(H,24,27);1H. The van der Waals surface area contributed by atoms with Crippen molar-refractivity contribution >= 4 is 18.3 Å². The van der Waals surface area contributed by atoms with Crippen molar-refractivity contribution in [3.05, 3.63) is 72.4 Å². The zero-order chi connectivity index (χ0) is 18.6. The molecule has 3 N–H and O–H groups in total. The molecule has 1 saturated carbocycles. The third-order valence-electron chi connectivity index (χ3n) is 5.16. The molecule has 1 heterocycles. The summed E-state index contributed by atoms with van der Waals surface area (Å²) in [7, 11) is 0. The van der Waals surface area contributed by atoms with Gasteiger partial charge in [-0.2, -0.15) is 5.10 Å². The van der Waals surface area contributed by atoms with Crippen LogP contribution in [0.4, 0.5) is 0 Å². The van der Waals surface area contributed by atoms with E-state index in [0.717, 1.165) is 41.8 Å². The lowest BCUT2D eigenvalue weighted by atomic mass is 10.1. The van der Waals surface area contributed by atoms with Crippen molar-refractivity contribution in [1.82, 2.24) is 15.1 Å². The summed E-state index contributed by atoms with van der Waals surface area (Å²) >= 11 is 0. The molecular weight excluding hydrogens is 372 g/mol. The van der Waals surface area contributed by atoms with Crippen molar-refractivity contribution in [1.29, 1.82) is 0 Å². The first kappa shape index (κ1) is 20.1. The minimum atomic E-state index is 0. The number of carbonyl (C=O) groups excluding carboxylic acids is 1. The molecular formula is C22H25ClN4O. The van der Waals surface area contributed by atoms with E-state index in [1.54, 1.807) is 0 Å². The van der Waals surface area contributed by atoms with Crippen LogP contribution < -0.4 is 11.1 Å². The first-order chi connectivity index (χ1) is 13.2. The fraction of sp³-hybridized carbons (Fsp3) is 0.273. The van der Waals surface area contributed by atoms with E-state index in [2.05, 4.69) is 5.32 Å². The quantitative estimate of drug-likeness (QED) is 0.690. The lowest BCUT2D eigenvalue weighted by Gasteiger charge is -2.10. The van der Waals surface area contributed by atoms with Crippen LogP contribution in [0.25, 0.3) is 16.9 Å². The molecule has 0 radical (unpaired) electrons. The van der Waals surface area contributed by atoms with Gasteiger partial charge >= 0.3 is 0 Å². The molecule has 5 nitrogen and oxygen atoms in total. The van der Waals surface area contributed by atoms with Crippen LogP contribution in [0, 0.1) is 5.92 Å². The highest BCUT2D eigenvalue weighted by atomic mass is 35.5. The molecule has 1 aromatic heterocycles. The summed E-state index contributed by atoms with van der Waals surface area (Å²) in [6.45, 7) is 0.460. The molecule has 0 saturated heterocycles. The van der Waals surface area contributed by atoms with E-state index in [4.69, 9.17) is 10.8 Å². The molecule has 1 amide bonds. The number of nitrogens with zero attached hydrogens (tertiary/aromatic N) is 2. The van der Waals surface area contributed by atoms with Crippen molar-refractivity contribution in [2.75, 3.05) is 0 Å². The molecule has 0 bridgehead atoms. The Morgan fingerprint density at radius 2 is 1.75 bits per heavy atom. The number of rotatable bonds is 5. The van der Waals surface area contributed by atoms with Gasteiger partial charge in [0, 0.05) is 35.8 Å². The van der Waals surface area contributed by atoms with E-state index in [0.29, 0.717) is 6.54 Å². The van der Waals surface area contributed by atoms with Gasteiger partial charge in [0.15, 0.2) is 0 Å². The summed E-state index contributed by atoms with van der Waals surface area (Å²) in [4.78, 5) is 12.5. The fourth-order valence-corrected chi connectivity index (χ4v) is 3.67. The van der Waals surface area contributed by atoms with E-state index >= 15 is 0 Å². The normalized spacial score (nSPS) is 18.5. The molecule has 0 spiro atoms. The summed E-state index contributed by atoms with van der Waals surface area (Å²) in [6, 6.07) is 20.2. The largest absolute Gasteiger partial charge is 0.352 e. The fourth-order valence-electron chi connectivity index (χ4n) is 3.67. The second-order valence-electron chi connectivity index (χ2n) is 7.14. The molecule has 3 aromatic rings. The monoisotopic (exact) mass is 396 g/mol. The maximum atomic E-state index is 12.5. The van der Waals surface area contributed by atoms with Gasteiger partial charge < -0.3 is 11.1 Å². The van der Waals surface area contributed by atoms with Gasteiger partial charge in [0.2, 0.25) is 5.91 Å². The van der Waals surface area contributed by atoms with Gasteiger partial charge in [0.05, 0.1) is 11.4 Å². The molecule has 4 rings (SSSR count). The molecule has 6 heteroatoms. The number of para-hydroxylation sites is 1. The Hall–Kier alpha value is -2.63. The number of hydrogen-bond acceptors (Lipinski definition) is 3. The number of nitrogens with one attached hydrogen (secondary N) is 1. The molecule has 28 heavy (non-hydrogen) atoms. The van der Waals surface area contributed by atoms with Gasteiger partial charge in [-0.1, -0.05) is 48.5 Å². The predicted molar refractivity (Wildman–Crippen MR) is 113 cm³/mol. The number of aromatic nitrogens is 2. The molecule has 2 atom stereocenters. The van der Waals surface area contributed by atoms with Gasteiger partial charge in [-0.25, -0.2) is 4.68 Å². The number of amides is 1. The van der Waals surface area contributed by atoms with Crippen LogP contribution in [0.15, 0.2) is 66.9 Å². The molecule has 1 fully saturated rings. The van der Waals surface area contributed by atoms with Crippen LogP contribution in [0.1, 0.15) is 24.8 Å². The second-order valence-corrected chi connectivity index (χ2v) is 7.14.